The lowest BCUT2D eigenvalue weighted by atomic mass is 10.1. The number of nitrogens with zero attached hydrogens (tertiary/aromatic N) is 4. The van der Waals surface area contributed by atoms with E-state index in [0.29, 0.717) is 31.3 Å². The van der Waals surface area contributed by atoms with Crippen molar-refractivity contribution < 1.29 is 14.1 Å². The van der Waals surface area contributed by atoms with Gasteiger partial charge < -0.3 is 14.7 Å². The average Bonchev–Trinajstić information content (AvgIpc) is 3.14. The van der Waals surface area contributed by atoms with Gasteiger partial charge in [0.25, 0.3) is 0 Å². The number of nitrogens with one attached hydrogen (secondary N) is 1. The van der Waals surface area contributed by atoms with Crippen molar-refractivity contribution in [1.29, 1.82) is 0 Å². The molecule has 0 spiro atoms. The first-order valence-electron chi connectivity index (χ1n) is 9.56. The number of carbonyl (C=O) groups is 2. The van der Waals surface area contributed by atoms with E-state index in [1.165, 1.54) is 4.90 Å². The molecule has 3 rings (SSSR count). The average molecular weight is 385 g/mol. The monoisotopic (exact) mass is 385 g/mol. The number of carbonyl (C=O) groups excluding carboxylic acids is 2. The highest BCUT2D eigenvalue weighted by Gasteiger charge is 2.32. The second-order valence-corrected chi connectivity index (χ2v) is 7.42. The van der Waals surface area contributed by atoms with Crippen LogP contribution >= 0.6 is 0 Å². The molecule has 1 unspecified atom stereocenters. The predicted molar refractivity (Wildman–Crippen MR) is 103 cm³/mol. The van der Waals surface area contributed by atoms with Gasteiger partial charge in [-0.3, -0.25) is 14.5 Å². The molecule has 1 saturated heterocycles. The van der Waals surface area contributed by atoms with Crippen LogP contribution in [0.25, 0.3) is 0 Å². The molecule has 0 aliphatic carbocycles. The summed E-state index contributed by atoms with van der Waals surface area (Å²) in [6.45, 7) is 6.13. The van der Waals surface area contributed by atoms with Crippen molar-refractivity contribution in [3.63, 3.8) is 0 Å². The van der Waals surface area contributed by atoms with Crippen molar-refractivity contribution >= 4 is 11.8 Å². The summed E-state index contributed by atoms with van der Waals surface area (Å²) in [5.41, 5.74) is 1.12. The highest BCUT2D eigenvalue weighted by molar-refractivity contribution is 5.88. The van der Waals surface area contributed by atoms with E-state index in [1.807, 2.05) is 44.2 Å². The number of hydrogen-bond acceptors (Lipinski definition) is 6. The minimum absolute atomic E-state index is 0.106. The Kier molecular flexibility index (Phi) is 6.41. The lowest BCUT2D eigenvalue weighted by Gasteiger charge is -2.35. The van der Waals surface area contributed by atoms with E-state index in [0.717, 1.165) is 5.56 Å². The zero-order valence-electron chi connectivity index (χ0n) is 16.6. The van der Waals surface area contributed by atoms with Crippen LogP contribution in [-0.4, -0.2) is 57.9 Å². The molecule has 0 radical (unpaired) electrons. The number of rotatable bonds is 7. The van der Waals surface area contributed by atoms with Crippen molar-refractivity contribution in [3.8, 4) is 0 Å². The Morgan fingerprint density at radius 2 is 2.11 bits per heavy atom. The Bertz CT molecular complexity index is 805. The Balaban J connectivity index is 1.62. The van der Waals surface area contributed by atoms with E-state index < -0.39 is 6.04 Å². The molecule has 8 heteroatoms. The maximum atomic E-state index is 12.7. The summed E-state index contributed by atoms with van der Waals surface area (Å²) in [5, 5.41) is 6.79. The van der Waals surface area contributed by atoms with Crippen LogP contribution in [0.4, 0.5) is 0 Å². The maximum Gasteiger partial charge on any atom is 0.237 e. The molecular weight excluding hydrogens is 358 g/mol. The van der Waals surface area contributed by atoms with Crippen molar-refractivity contribution in [3.05, 3.63) is 47.6 Å². The molecule has 1 aromatic carbocycles. The van der Waals surface area contributed by atoms with Crippen LogP contribution in [0.5, 0.6) is 0 Å². The second-order valence-electron chi connectivity index (χ2n) is 7.42. The van der Waals surface area contributed by atoms with Crippen LogP contribution in [0.2, 0.25) is 0 Å². The fraction of sp³-hybridized carbons (Fsp3) is 0.500. The normalized spacial score (nSPS) is 17.6. The quantitative estimate of drug-likeness (QED) is 0.777. The maximum absolute atomic E-state index is 12.7. The van der Waals surface area contributed by atoms with Crippen LogP contribution in [-0.2, 0) is 22.7 Å². The summed E-state index contributed by atoms with van der Waals surface area (Å²) in [7, 11) is 1.69. The van der Waals surface area contributed by atoms with Gasteiger partial charge in [0.2, 0.25) is 17.7 Å². The molecule has 150 valence electrons. The summed E-state index contributed by atoms with van der Waals surface area (Å²) in [4.78, 5) is 33.1. The smallest absolute Gasteiger partial charge is 0.237 e. The third-order valence-corrected chi connectivity index (χ3v) is 4.82. The van der Waals surface area contributed by atoms with Gasteiger partial charge in [0.1, 0.15) is 0 Å². The van der Waals surface area contributed by atoms with E-state index in [9.17, 15) is 9.59 Å². The molecule has 1 fully saturated rings. The van der Waals surface area contributed by atoms with Gasteiger partial charge >= 0.3 is 0 Å². The summed E-state index contributed by atoms with van der Waals surface area (Å²) in [5.74, 6) is 0.923. The van der Waals surface area contributed by atoms with E-state index in [1.54, 1.807) is 7.05 Å². The molecule has 0 bridgehead atoms. The van der Waals surface area contributed by atoms with Gasteiger partial charge in [-0.1, -0.05) is 49.3 Å². The summed E-state index contributed by atoms with van der Waals surface area (Å²) in [6.07, 6.45) is 0.115. The molecule has 2 aromatic rings. The Labute approximate surface area is 164 Å². The molecule has 28 heavy (non-hydrogen) atoms. The van der Waals surface area contributed by atoms with E-state index in [-0.39, 0.29) is 30.7 Å². The summed E-state index contributed by atoms with van der Waals surface area (Å²) in [6, 6.07) is 9.48. The van der Waals surface area contributed by atoms with Crippen LogP contribution in [0.1, 0.15) is 43.5 Å². The Morgan fingerprint density at radius 3 is 2.79 bits per heavy atom. The van der Waals surface area contributed by atoms with Gasteiger partial charge in [-0.05, 0) is 5.56 Å². The number of hydrogen-bond donors (Lipinski definition) is 1. The third kappa shape index (κ3) is 4.95. The Morgan fingerprint density at radius 1 is 1.36 bits per heavy atom. The SMILES string of the molecule is CC(C)c1nc(CN(C)C(=O)CC2C(=O)NCCN2Cc2ccccc2)no1. The lowest BCUT2D eigenvalue weighted by Crippen LogP contribution is -2.56. The zero-order valence-corrected chi connectivity index (χ0v) is 16.6. The summed E-state index contributed by atoms with van der Waals surface area (Å²) < 4.78 is 5.19. The van der Waals surface area contributed by atoms with Gasteiger partial charge in [0, 0.05) is 32.6 Å². The van der Waals surface area contributed by atoms with Gasteiger partial charge in [-0.15, -0.1) is 0 Å². The lowest BCUT2D eigenvalue weighted by molar-refractivity contribution is -0.138. The highest BCUT2D eigenvalue weighted by atomic mass is 16.5. The molecule has 1 N–H and O–H groups in total. The number of piperazine rings is 1. The first kappa shape index (κ1) is 20.0. The summed E-state index contributed by atoms with van der Waals surface area (Å²) >= 11 is 0. The third-order valence-electron chi connectivity index (χ3n) is 4.82. The molecule has 1 aliphatic rings. The first-order valence-corrected chi connectivity index (χ1v) is 9.56. The van der Waals surface area contributed by atoms with Crippen molar-refractivity contribution in [1.82, 2.24) is 25.3 Å². The van der Waals surface area contributed by atoms with Crippen LogP contribution < -0.4 is 5.32 Å². The second kappa shape index (κ2) is 8.97. The molecule has 1 aromatic heterocycles. The molecule has 8 nitrogen and oxygen atoms in total. The first-order chi connectivity index (χ1) is 13.4. The highest BCUT2D eigenvalue weighted by Crippen LogP contribution is 2.16. The predicted octanol–water partition coefficient (Wildman–Crippen LogP) is 1.54. The molecular formula is C20H27N5O3. The van der Waals surface area contributed by atoms with Crippen LogP contribution in [0, 0.1) is 0 Å². The fourth-order valence-corrected chi connectivity index (χ4v) is 3.18. The van der Waals surface area contributed by atoms with Gasteiger partial charge in [-0.25, -0.2) is 0 Å². The topological polar surface area (TPSA) is 91.6 Å². The largest absolute Gasteiger partial charge is 0.353 e. The van der Waals surface area contributed by atoms with Crippen molar-refractivity contribution in [2.75, 3.05) is 20.1 Å². The number of aromatic nitrogens is 2. The minimum atomic E-state index is -0.486. The Hall–Kier alpha value is -2.74. The van der Waals surface area contributed by atoms with Gasteiger partial charge in [0.05, 0.1) is 19.0 Å². The van der Waals surface area contributed by atoms with Crippen molar-refractivity contribution in [2.24, 2.45) is 0 Å². The molecule has 1 atom stereocenters. The van der Waals surface area contributed by atoms with Crippen LogP contribution in [0.15, 0.2) is 34.9 Å². The fourth-order valence-electron chi connectivity index (χ4n) is 3.18. The van der Waals surface area contributed by atoms with E-state index in [4.69, 9.17) is 4.52 Å². The zero-order chi connectivity index (χ0) is 20.1. The number of benzene rings is 1. The molecule has 2 amide bonds. The molecule has 0 saturated carbocycles. The standard InChI is InChI=1S/C20H27N5O3/c1-14(2)20-22-17(23-28-20)13-24(3)18(26)11-16-19(27)21-9-10-25(16)12-15-7-5-4-6-8-15/h4-8,14,16H,9-13H2,1-3H3,(H,21,27). The van der Waals surface area contributed by atoms with Gasteiger partial charge in [-0.2, -0.15) is 4.98 Å². The van der Waals surface area contributed by atoms with E-state index in [2.05, 4.69) is 20.4 Å². The van der Waals surface area contributed by atoms with Crippen molar-refractivity contribution in [2.45, 2.75) is 45.3 Å². The van der Waals surface area contributed by atoms with Crippen LogP contribution in [0.3, 0.4) is 0 Å². The minimum Gasteiger partial charge on any atom is -0.353 e. The molecule has 2 heterocycles. The van der Waals surface area contributed by atoms with Gasteiger partial charge in [0.15, 0.2) is 5.82 Å². The van der Waals surface area contributed by atoms with E-state index >= 15 is 0 Å². The number of amides is 2. The molecule has 1 aliphatic heterocycles.